The van der Waals surface area contributed by atoms with Crippen LogP contribution in [-0.2, 0) is 28.2 Å². The molecule has 0 bridgehead atoms. The monoisotopic (exact) mass is 1520 g/mol. The van der Waals surface area contributed by atoms with Crippen molar-refractivity contribution in [2.45, 2.75) is 0 Å². The number of hydrogen-bond acceptors (Lipinski definition) is 12. The maximum Gasteiger partial charge on any atom is 0.265 e. The van der Waals surface area contributed by atoms with Gasteiger partial charge in [0, 0.05) is 163 Å². The summed E-state index contributed by atoms with van der Waals surface area (Å²) in [4.78, 5) is 85.6. The number of carbonyl (C=O) groups is 4. The van der Waals surface area contributed by atoms with E-state index in [1.807, 2.05) is 133 Å². The summed E-state index contributed by atoms with van der Waals surface area (Å²) in [5.74, 6) is 2.36. The molecule has 0 fully saturated rings. The van der Waals surface area contributed by atoms with Crippen molar-refractivity contribution < 1.29 is 38.1 Å². The van der Waals surface area contributed by atoms with E-state index in [0.29, 0.717) is 157 Å². The van der Waals surface area contributed by atoms with E-state index >= 15 is 19.2 Å². The molecule has 6 aliphatic rings. The molecule has 0 aliphatic carbocycles. The highest BCUT2D eigenvalue weighted by molar-refractivity contribution is 6.45. The molecular formula is C100H54N10O8. The summed E-state index contributed by atoms with van der Waals surface area (Å²) in [5.41, 5.74) is 15.8. The fraction of sp³-hybridized carbons (Fsp3) is 0.0400. The number of fused-ring (bicyclic) bond motifs is 22. The van der Waals surface area contributed by atoms with Gasteiger partial charge in [-0.15, -0.1) is 0 Å². The lowest BCUT2D eigenvalue weighted by Gasteiger charge is -2.30. The van der Waals surface area contributed by atoms with Gasteiger partial charge in [0.05, 0.1) is 44.6 Å². The molecule has 21 aromatic rings. The molecule has 6 aliphatic heterocycles. The van der Waals surface area contributed by atoms with Crippen molar-refractivity contribution in [1.82, 2.24) is 18.3 Å². The minimum Gasteiger partial charge on any atom is -0.453 e. The zero-order chi connectivity index (χ0) is 78.0. The lowest BCUT2D eigenvalue weighted by atomic mass is 9.82. The summed E-state index contributed by atoms with van der Waals surface area (Å²) in [7, 11) is 8.22. The topological polar surface area (TPSA) is 181 Å². The SMILES string of the molecule is Cn1c2ccccc2c2cc3c(cc21)Oc1c(-c2ccc(N4C(=O)c5ccc6c7ccc8c9c(ccc(c%10ccc(c5c6%10)C4=O)c97)C(=O)N(c4ccc(-c5c6c(cc7c5=Nc5cc9c%10ccccc%10n(C)c9cc5O7)=Nc5cc7c9ccccc9n(C)c7cc5O6)cc4)C8=O)cc2)c2c(cc1=N3)Oc1cc3c(cc1N=2)c1ccccc1n3C. The fourth-order valence-electron chi connectivity index (χ4n) is 20.1. The first kappa shape index (κ1) is 63.4. The van der Waals surface area contributed by atoms with Crippen molar-refractivity contribution in [1.29, 1.82) is 0 Å². The predicted octanol–water partition coefficient (Wildman–Crippen LogP) is 21.5. The van der Waals surface area contributed by atoms with Crippen molar-refractivity contribution in [2.75, 3.05) is 9.80 Å². The Kier molecular flexibility index (Phi) is 11.8. The van der Waals surface area contributed by atoms with Crippen LogP contribution in [0.5, 0.6) is 46.0 Å². The third-order valence-corrected chi connectivity index (χ3v) is 25.6. The summed E-state index contributed by atoms with van der Waals surface area (Å²) in [5, 5.41) is 16.4. The van der Waals surface area contributed by atoms with Gasteiger partial charge in [0.1, 0.15) is 44.2 Å². The minimum atomic E-state index is -0.487. The summed E-state index contributed by atoms with van der Waals surface area (Å²) in [6.45, 7) is 0. The molecule has 0 saturated carbocycles. The Morgan fingerprint density at radius 2 is 0.534 bits per heavy atom. The molecule has 0 saturated heterocycles. The smallest absolute Gasteiger partial charge is 0.265 e. The molecule has 552 valence electrons. The molecule has 0 unspecified atom stereocenters. The number of anilines is 2. The zero-order valence-corrected chi connectivity index (χ0v) is 63.0. The van der Waals surface area contributed by atoms with Crippen LogP contribution < -0.4 is 50.2 Å². The quantitative estimate of drug-likeness (QED) is 0.0948. The van der Waals surface area contributed by atoms with Crippen molar-refractivity contribution in [3.05, 3.63) is 298 Å². The number of aryl methyl sites for hydroxylation is 4. The number of ether oxygens (including phenoxy) is 4. The minimum absolute atomic E-state index is 0.355. The first-order valence-corrected chi connectivity index (χ1v) is 39.0. The van der Waals surface area contributed by atoms with Gasteiger partial charge in [0.25, 0.3) is 23.6 Å². The molecular weight excluding hydrogens is 1470 g/mol. The van der Waals surface area contributed by atoms with Crippen LogP contribution >= 0.6 is 0 Å². The van der Waals surface area contributed by atoms with Crippen LogP contribution in [0.15, 0.2) is 275 Å². The van der Waals surface area contributed by atoms with E-state index in [4.69, 9.17) is 38.9 Å². The second-order valence-corrected chi connectivity index (χ2v) is 31.5. The van der Waals surface area contributed by atoms with E-state index in [1.165, 1.54) is 9.80 Å². The van der Waals surface area contributed by atoms with Crippen LogP contribution in [0.4, 0.5) is 34.1 Å². The number of amides is 4. The molecule has 0 spiro atoms. The summed E-state index contributed by atoms with van der Waals surface area (Å²) >= 11 is 0. The first-order chi connectivity index (χ1) is 57.8. The Morgan fingerprint density at radius 3 is 0.847 bits per heavy atom. The van der Waals surface area contributed by atoms with E-state index in [1.54, 1.807) is 48.5 Å². The van der Waals surface area contributed by atoms with Gasteiger partial charge in [-0.05, 0) is 141 Å². The molecule has 0 radical (unpaired) electrons. The molecule has 118 heavy (non-hydrogen) atoms. The van der Waals surface area contributed by atoms with E-state index < -0.39 is 23.6 Å². The number of para-hydroxylation sites is 4. The van der Waals surface area contributed by atoms with Gasteiger partial charge >= 0.3 is 0 Å². The van der Waals surface area contributed by atoms with Crippen LogP contribution in [0, 0.1) is 0 Å². The second-order valence-electron chi connectivity index (χ2n) is 31.5. The first-order valence-electron chi connectivity index (χ1n) is 39.0. The third-order valence-electron chi connectivity index (χ3n) is 25.6. The van der Waals surface area contributed by atoms with E-state index in [2.05, 4.69) is 119 Å². The van der Waals surface area contributed by atoms with Crippen molar-refractivity contribution >= 4 is 188 Å². The van der Waals surface area contributed by atoms with Gasteiger partial charge in [-0.3, -0.25) is 19.2 Å². The Morgan fingerprint density at radius 1 is 0.246 bits per heavy atom. The number of carbonyl (C=O) groups excluding carboxylic acids is 4. The molecule has 17 aromatic carbocycles. The molecule has 27 rings (SSSR count). The van der Waals surface area contributed by atoms with Crippen molar-refractivity contribution in [3.8, 4) is 68.2 Å². The molecule has 18 heteroatoms. The standard InChI is InChI=1S/C100H54N10O8/c1-105-75-19-11-7-15-53(75)65-39-69-81(43-77(65)105)115-85-41-71-95(117-83-45-79-63(37-67(83)101-71)51-13-5-9-17-73(51)107(79)3)87(93(85)103-69)47-21-25-49(26-22-47)109-97(111)59-33-29-55-57-31-35-61-92-62(36-32-58(90(57)92)56-30-34-60(98(109)112)91(59)89(55)56)100(114)110(99(61)113)50-27-23-48(24-28-50)88-94-86(116-82-44-78-66(40-70(82)104-94)54-16-8-12-20-76(54)106(78)2)42-72-96(88)118-84-46-80-64(38-68(84)102-72)52-14-6-10-18-74(52)108(80)4/h5-46H,1-4H3. The van der Waals surface area contributed by atoms with Gasteiger partial charge in [0.2, 0.25) is 0 Å². The molecule has 4 amide bonds. The van der Waals surface area contributed by atoms with Crippen LogP contribution in [-0.4, -0.2) is 41.9 Å². The van der Waals surface area contributed by atoms with E-state index in [0.717, 1.165) is 120 Å². The lowest BCUT2D eigenvalue weighted by Crippen LogP contribution is -2.40. The highest BCUT2D eigenvalue weighted by atomic mass is 16.5. The van der Waals surface area contributed by atoms with Crippen molar-refractivity contribution in [2.24, 2.45) is 48.2 Å². The highest BCUT2D eigenvalue weighted by Crippen LogP contribution is 2.53. The van der Waals surface area contributed by atoms with Crippen LogP contribution in [0.2, 0.25) is 0 Å². The van der Waals surface area contributed by atoms with E-state index in [-0.39, 0.29) is 0 Å². The fourth-order valence-corrected chi connectivity index (χ4v) is 20.1. The molecule has 0 atom stereocenters. The van der Waals surface area contributed by atoms with Crippen LogP contribution in [0.25, 0.3) is 153 Å². The summed E-state index contributed by atoms with van der Waals surface area (Å²) < 4.78 is 36.6. The number of imide groups is 2. The molecule has 0 N–H and O–H groups in total. The summed E-state index contributed by atoms with van der Waals surface area (Å²) in [6.07, 6.45) is 0. The summed E-state index contributed by atoms with van der Waals surface area (Å²) in [6, 6.07) is 83.0. The zero-order valence-electron chi connectivity index (χ0n) is 63.0. The average molecular weight is 1520 g/mol. The largest absolute Gasteiger partial charge is 0.453 e. The number of benzene rings is 17. The maximum absolute atomic E-state index is 15.4. The van der Waals surface area contributed by atoms with E-state index in [9.17, 15) is 0 Å². The number of nitrogens with zero attached hydrogens (tertiary/aromatic N) is 10. The van der Waals surface area contributed by atoms with Crippen LogP contribution in [0.1, 0.15) is 41.4 Å². The van der Waals surface area contributed by atoms with Gasteiger partial charge in [0.15, 0.2) is 46.0 Å². The number of aromatic nitrogens is 4. The van der Waals surface area contributed by atoms with Gasteiger partial charge in [-0.1, -0.05) is 121 Å². The highest BCUT2D eigenvalue weighted by Gasteiger charge is 2.40. The van der Waals surface area contributed by atoms with Crippen LogP contribution in [0.3, 0.4) is 0 Å². The Hall–Kier alpha value is -16.1. The number of hydrogen-bond donors (Lipinski definition) is 0. The Labute approximate surface area is 665 Å². The van der Waals surface area contributed by atoms with Gasteiger partial charge in [-0.25, -0.2) is 29.8 Å². The van der Waals surface area contributed by atoms with Crippen molar-refractivity contribution in [3.63, 3.8) is 0 Å². The average Bonchev–Trinajstić information content (AvgIpc) is 0.966. The van der Waals surface area contributed by atoms with Gasteiger partial charge in [-0.2, -0.15) is 0 Å². The third kappa shape index (κ3) is 8.08. The molecule has 10 heterocycles. The Balaban J connectivity index is 0.543. The predicted molar refractivity (Wildman–Crippen MR) is 459 cm³/mol. The number of rotatable bonds is 4. The maximum atomic E-state index is 15.4. The van der Waals surface area contributed by atoms with Gasteiger partial charge < -0.3 is 37.2 Å². The molecule has 4 aromatic heterocycles. The normalized spacial score (nSPS) is 14.2. The molecule has 18 nitrogen and oxygen atoms in total. The lowest BCUT2D eigenvalue weighted by molar-refractivity contribution is 0.0877. The second kappa shape index (κ2) is 22.0. The Bertz CT molecular complexity index is 8220.